The van der Waals surface area contributed by atoms with Crippen molar-refractivity contribution in [1.29, 1.82) is 0 Å². The molecular formula is C19H22N2O7S. The van der Waals surface area contributed by atoms with E-state index in [0.29, 0.717) is 13.2 Å². The van der Waals surface area contributed by atoms with Crippen LogP contribution in [0.1, 0.15) is 16.8 Å². The van der Waals surface area contributed by atoms with Crippen LogP contribution >= 0.6 is 0 Å². The van der Waals surface area contributed by atoms with E-state index in [0.717, 1.165) is 6.07 Å². The Hall–Kier alpha value is -2.98. The first-order valence-corrected chi connectivity index (χ1v) is 10.5. The van der Waals surface area contributed by atoms with E-state index in [4.69, 9.17) is 9.47 Å². The Balaban J connectivity index is 1.93. The van der Waals surface area contributed by atoms with Gasteiger partial charge in [-0.2, -0.15) is 0 Å². The number of hydrogen-bond donors (Lipinski definition) is 1. The molecule has 2 rings (SSSR count). The van der Waals surface area contributed by atoms with Crippen molar-refractivity contribution in [2.45, 2.75) is 11.3 Å². The quantitative estimate of drug-likeness (QED) is 0.254. The fraction of sp³-hybridized carbons (Fsp3) is 0.316. The van der Waals surface area contributed by atoms with Gasteiger partial charge in [-0.25, -0.2) is 13.2 Å². The van der Waals surface area contributed by atoms with Gasteiger partial charge in [0.05, 0.1) is 34.3 Å². The van der Waals surface area contributed by atoms with E-state index >= 15 is 0 Å². The molecule has 0 unspecified atom stereocenters. The molecule has 0 aliphatic carbocycles. The van der Waals surface area contributed by atoms with Gasteiger partial charge >= 0.3 is 5.97 Å². The minimum absolute atomic E-state index is 0.0138. The molecule has 0 aliphatic rings. The summed E-state index contributed by atoms with van der Waals surface area (Å²) in [5.74, 6) is -0.930. The zero-order valence-electron chi connectivity index (χ0n) is 15.9. The maximum atomic E-state index is 12.2. The fourth-order valence-electron chi connectivity index (χ4n) is 2.49. The zero-order valence-corrected chi connectivity index (χ0v) is 16.7. The molecule has 2 aromatic rings. The van der Waals surface area contributed by atoms with Crippen molar-refractivity contribution in [3.05, 3.63) is 64.2 Å². The molecule has 29 heavy (non-hydrogen) atoms. The number of esters is 1. The van der Waals surface area contributed by atoms with Crippen LogP contribution in [0.2, 0.25) is 0 Å². The van der Waals surface area contributed by atoms with E-state index in [9.17, 15) is 23.3 Å². The van der Waals surface area contributed by atoms with Gasteiger partial charge in [0, 0.05) is 19.7 Å². The summed E-state index contributed by atoms with van der Waals surface area (Å²) < 4.78 is 34.3. The fourth-order valence-corrected chi connectivity index (χ4v) is 3.80. The number of nitro groups is 1. The highest BCUT2D eigenvalue weighted by Crippen LogP contribution is 2.25. The molecule has 156 valence electrons. The summed E-state index contributed by atoms with van der Waals surface area (Å²) in [5.41, 5.74) is 0.0136. The lowest BCUT2D eigenvalue weighted by atomic mass is 10.1. The lowest BCUT2D eigenvalue weighted by Gasteiger charge is -2.09. The number of anilines is 1. The second-order valence-corrected chi connectivity index (χ2v) is 8.14. The van der Waals surface area contributed by atoms with Crippen molar-refractivity contribution in [3.63, 3.8) is 0 Å². The van der Waals surface area contributed by atoms with Gasteiger partial charge in [0.2, 0.25) is 0 Å². The third kappa shape index (κ3) is 6.54. The number of sulfone groups is 1. The molecule has 10 heteroatoms. The van der Waals surface area contributed by atoms with Gasteiger partial charge < -0.3 is 14.8 Å². The van der Waals surface area contributed by atoms with Crippen molar-refractivity contribution >= 4 is 27.2 Å². The van der Waals surface area contributed by atoms with E-state index in [1.807, 2.05) is 0 Å². The standard InChI is InChI=1S/C19H22N2O7S/c1-27-12-10-20-17-9-8-15(14-18(17)21(23)24)19(22)28-11-5-13-29(25,26)16-6-3-2-4-7-16/h2-4,6-9,14,20H,5,10-13H2,1H3. The number of ether oxygens (including phenoxy) is 2. The number of hydrogen-bond acceptors (Lipinski definition) is 8. The SMILES string of the molecule is COCCNc1ccc(C(=O)OCCCS(=O)(=O)c2ccccc2)cc1[N+](=O)[O-]. The molecule has 0 heterocycles. The summed E-state index contributed by atoms with van der Waals surface area (Å²) in [6, 6.07) is 11.9. The first kappa shape index (κ1) is 22.3. The summed E-state index contributed by atoms with van der Waals surface area (Å²) in [4.78, 5) is 23.0. The number of methoxy groups -OCH3 is 1. The van der Waals surface area contributed by atoms with Gasteiger partial charge in [0.1, 0.15) is 5.69 Å². The summed E-state index contributed by atoms with van der Waals surface area (Å²) >= 11 is 0. The van der Waals surface area contributed by atoms with Crippen molar-refractivity contribution < 1.29 is 27.6 Å². The smallest absolute Gasteiger partial charge is 0.338 e. The Bertz CT molecular complexity index is 946. The molecule has 0 amide bonds. The number of benzene rings is 2. The normalized spacial score (nSPS) is 11.1. The van der Waals surface area contributed by atoms with Crippen LogP contribution in [0.3, 0.4) is 0 Å². The lowest BCUT2D eigenvalue weighted by molar-refractivity contribution is -0.384. The topological polar surface area (TPSA) is 125 Å². The molecule has 0 aromatic heterocycles. The third-order valence-electron chi connectivity index (χ3n) is 3.94. The van der Waals surface area contributed by atoms with Crippen LogP contribution < -0.4 is 5.32 Å². The Kier molecular flexibility index (Phi) is 8.10. The van der Waals surface area contributed by atoms with E-state index in [-0.39, 0.29) is 40.6 Å². The van der Waals surface area contributed by atoms with Crippen molar-refractivity contribution in [2.24, 2.45) is 0 Å². The highest BCUT2D eigenvalue weighted by atomic mass is 32.2. The molecule has 0 saturated heterocycles. The maximum Gasteiger partial charge on any atom is 0.338 e. The third-order valence-corrected chi connectivity index (χ3v) is 5.76. The van der Waals surface area contributed by atoms with Crippen molar-refractivity contribution in [1.82, 2.24) is 0 Å². The number of rotatable bonds is 11. The molecule has 2 aromatic carbocycles. The number of nitrogens with zero attached hydrogens (tertiary/aromatic N) is 1. The Morgan fingerprint density at radius 1 is 1.14 bits per heavy atom. The number of nitrogens with one attached hydrogen (secondary N) is 1. The van der Waals surface area contributed by atoms with Crippen LogP contribution in [0, 0.1) is 10.1 Å². The van der Waals surface area contributed by atoms with Crippen LogP contribution in [0.25, 0.3) is 0 Å². The molecule has 9 nitrogen and oxygen atoms in total. The highest BCUT2D eigenvalue weighted by Gasteiger charge is 2.19. The summed E-state index contributed by atoms with van der Waals surface area (Å²) in [6.45, 7) is 0.621. The van der Waals surface area contributed by atoms with Crippen LogP contribution in [-0.2, 0) is 19.3 Å². The summed E-state index contributed by atoms with van der Waals surface area (Å²) in [7, 11) is -1.94. The monoisotopic (exact) mass is 422 g/mol. The van der Waals surface area contributed by atoms with Crippen LogP contribution in [0.4, 0.5) is 11.4 Å². The zero-order chi connectivity index (χ0) is 21.3. The molecule has 0 radical (unpaired) electrons. The first-order valence-electron chi connectivity index (χ1n) is 8.81. The second kappa shape index (κ2) is 10.5. The Morgan fingerprint density at radius 2 is 1.86 bits per heavy atom. The predicted molar refractivity (Wildman–Crippen MR) is 107 cm³/mol. The van der Waals surface area contributed by atoms with Gasteiger partial charge in [0.15, 0.2) is 9.84 Å². The maximum absolute atomic E-state index is 12.2. The number of nitro benzene ring substituents is 1. The minimum atomic E-state index is -3.46. The Labute approximate surface area is 168 Å². The van der Waals surface area contributed by atoms with E-state index in [2.05, 4.69) is 5.32 Å². The summed E-state index contributed by atoms with van der Waals surface area (Å²) in [5, 5.41) is 14.1. The molecule has 0 fully saturated rings. The van der Waals surface area contributed by atoms with Crippen LogP contribution in [-0.4, -0.2) is 51.9 Å². The van der Waals surface area contributed by atoms with E-state index in [1.54, 1.807) is 18.2 Å². The van der Waals surface area contributed by atoms with Gasteiger partial charge in [-0.1, -0.05) is 18.2 Å². The van der Waals surface area contributed by atoms with Gasteiger partial charge in [-0.15, -0.1) is 0 Å². The predicted octanol–water partition coefficient (Wildman–Crippen LogP) is 2.67. The van der Waals surface area contributed by atoms with Crippen LogP contribution in [0.15, 0.2) is 53.4 Å². The minimum Gasteiger partial charge on any atom is -0.462 e. The average Bonchev–Trinajstić information content (AvgIpc) is 2.72. The van der Waals surface area contributed by atoms with Crippen molar-refractivity contribution in [2.75, 3.05) is 37.9 Å². The molecular weight excluding hydrogens is 400 g/mol. The number of carbonyl (C=O) groups excluding carboxylic acids is 1. The molecule has 0 aliphatic heterocycles. The van der Waals surface area contributed by atoms with Gasteiger partial charge in [-0.05, 0) is 30.7 Å². The Morgan fingerprint density at radius 3 is 2.52 bits per heavy atom. The molecule has 0 bridgehead atoms. The van der Waals surface area contributed by atoms with Gasteiger partial charge in [-0.3, -0.25) is 10.1 Å². The largest absolute Gasteiger partial charge is 0.462 e. The van der Waals surface area contributed by atoms with E-state index < -0.39 is 20.7 Å². The second-order valence-electron chi connectivity index (χ2n) is 6.03. The number of carbonyl (C=O) groups is 1. The van der Waals surface area contributed by atoms with Crippen molar-refractivity contribution in [3.8, 4) is 0 Å². The molecule has 0 spiro atoms. The average molecular weight is 422 g/mol. The molecule has 0 saturated carbocycles. The highest BCUT2D eigenvalue weighted by molar-refractivity contribution is 7.91. The molecule has 0 atom stereocenters. The summed E-state index contributed by atoms with van der Waals surface area (Å²) in [6.07, 6.45) is 0.113. The lowest BCUT2D eigenvalue weighted by Crippen LogP contribution is -2.13. The first-order chi connectivity index (χ1) is 13.8. The van der Waals surface area contributed by atoms with E-state index in [1.165, 1.54) is 31.4 Å². The van der Waals surface area contributed by atoms with Gasteiger partial charge in [0.25, 0.3) is 5.69 Å². The molecule has 1 N–H and O–H groups in total. The van der Waals surface area contributed by atoms with Crippen LogP contribution in [0.5, 0.6) is 0 Å².